The fourth-order valence-corrected chi connectivity index (χ4v) is 5.11. The lowest BCUT2D eigenvalue weighted by Crippen LogP contribution is -2.88. The van der Waals surface area contributed by atoms with Crippen LogP contribution in [0.25, 0.3) is 0 Å². The number of carbonyl (C=O) groups excluding carboxylic acids is 5. The number of carbonyl (C=O) groups is 5. The van der Waals surface area contributed by atoms with Gasteiger partial charge < -0.3 is 30.5 Å². The first-order valence-corrected chi connectivity index (χ1v) is 11.7. The van der Waals surface area contributed by atoms with Crippen LogP contribution in [0, 0.1) is 0 Å². The van der Waals surface area contributed by atoms with E-state index in [9.17, 15) is 44.4 Å². The maximum atomic E-state index is 12.8. The summed E-state index contributed by atoms with van der Waals surface area (Å²) in [6, 6.07) is 2.94. The standard InChI is InChI=1S/C23H25N3O10S/c1-10(27)16(31)18-21(33,11(2)28)23(35,13(4)30)22(34,12(3)29)19(36-18)26-20-25-9-15(37-20)17(32)14-5-7-24-8-6-14/h5-9,16,18-19,31,33-35H,1-4H3,(H,25,26)/t16?,18-,19-,21-,22-,23+/m1/s1. The molecule has 2 aromatic rings. The van der Waals surface area contributed by atoms with Crippen LogP contribution in [0.2, 0.25) is 0 Å². The number of thiazole rings is 1. The number of rotatable bonds is 9. The third kappa shape index (κ3) is 4.21. The largest absolute Gasteiger partial charge is 0.382 e. The lowest BCUT2D eigenvalue weighted by molar-refractivity contribution is -0.322. The van der Waals surface area contributed by atoms with Crippen LogP contribution in [0.4, 0.5) is 5.13 Å². The third-order valence-electron chi connectivity index (χ3n) is 6.39. The molecule has 0 spiro atoms. The molecule has 0 saturated carbocycles. The van der Waals surface area contributed by atoms with Gasteiger partial charge >= 0.3 is 0 Å². The zero-order valence-electron chi connectivity index (χ0n) is 20.2. The Kier molecular flexibility index (Phi) is 7.56. The molecule has 3 rings (SSSR count). The normalized spacial score (nSPS) is 30.3. The van der Waals surface area contributed by atoms with Gasteiger partial charge in [0.1, 0.15) is 12.2 Å². The van der Waals surface area contributed by atoms with Crippen molar-refractivity contribution in [3.05, 3.63) is 41.2 Å². The minimum Gasteiger partial charge on any atom is -0.382 e. The van der Waals surface area contributed by atoms with Crippen molar-refractivity contribution in [2.45, 2.75) is 62.9 Å². The van der Waals surface area contributed by atoms with Crippen LogP contribution in [-0.2, 0) is 23.9 Å². The molecule has 0 aliphatic carbocycles. The Bertz CT molecular complexity index is 1270. The molecule has 0 bridgehead atoms. The molecule has 37 heavy (non-hydrogen) atoms. The highest BCUT2D eigenvalue weighted by Crippen LogP contribution is 2.47. The summed E-state index contributed by atoms with van der Waals surface area (Å²) >= 11 is 0.753. The van der Waals surface area contributed by atoms with Crippen molar-refractivity contribution >= 4 is 45.4 Å². The fraction of sp³-hybridized carbons (Fsp3) is 0.435. The number of hydrogen-bond acceptors (Lipinski definition) is 14. The number of nitrogens with zero attached hydrogens (tertiary/aromatic N) is 2. The fourth-order valence-electron chi connectivity index (χ4n) is 4.32. The number of aliphatic hydroxyl groups is 4. The Morgan fingerprint density at radius 3 is 2.03 bits per heavy atom. The summed E-state index contributed by atoms with van der Waals surface area (Å²) in [5.41, 5.74) is -10.0. The molecule has 2 aromatic heterocycles. The van der Waals surface area contributed by atoms with Crippen molar-refractivity contribution in [2.75, 3.05) is 5.32 Å². The number of ketones is 5. The van der Waals surface area contributed by atoms with E-state index in [1.54, 1.807) is 0 Å². The molecule has 1 unspecified atom stereocenters. The molecule has 0 radical (unpaired) electrons. The number of anilines is 1. The number of hydrogen-bond donors (Lipinski definition) is 5. The highest BCUT2D eigenvalue weighted by molar-refractivity contribution is 7.17. The lowest BCUT2D eigenvalue weighted by Gasteiger charge is -2.58. The van der Waals surface area contributed by atoms with E-state index in [0.29, 0.717) is 12.5 Å². The van der Waals surface area contributed by atoms with Crippen molar-refractivity contribution in [3.8, 4) is 0 Å². The first kappa shape index (κ1) is 28.3. The summed E-state index contributed by atoms with van der Waals surface area (Å²) in [5.74, 6) is -5.54. The number of aliphatic hydroxyl groups excluding tert-OH is 1. The highest BCUT2D eigenvalue weighted by Gasteiger charge is 2.79. The first-order valence-electron chi connectivity index (χ1n) is 10.8. The van der Waals surface area contributed by atoms with Crippen molar-refractivity contribution in [3.63, 3.8) is 0 Å². The number of aromatic nitrogens is 2. The van der Waals surface area contributed by atoms with Gasteiger partial charge in [-0.2, -0.15) is 0 Å². The predicted molar refractivity (Wildman–Crippen MR) is 126 cm³/mol. The second kappa shape index (κ2) is 9.89. The van der Waals surface area contributed by atoms with E-state index in [0.717, 1.165) is 32.1 Å². The van der Waals surface area contributed by atoms with Crippen molar-refractivity contribution in [2.24, 2.45) is 0 Å². The van der Waals surface area contributed by atoms with Gasteiger partial charge in [-0.25, -0.2) is 4.98 Å². The predicted octanol–water partition coefficient (Wildman–Crippen LogP) is -1.18. The van der Waals surface area contributed by atoms with Gasteiger partial charge in [0.25, 0.3) is 0 Å². The summed E-state index contributed by atoms with van der Waals surface area (Å²) in [6.45, 7) is 3.10. The van der Waals surface area contributed by atoms with Gasteiger partial charge in [-0.1, -0.05) is 11.3 Å². The monoisotopic (exact) mass is 535 g/mol. The Morgan fingerprint density at radius 2 is 1.54 bits per heavy atom. The SMILES string of the molecule is CC(=O)C(O)[C@H]1O[C@@H](Nc2ncc(C(=O)c3ccncc3)s2)[C@](O)(C(C)=O)[C@](O)(C(C)=O)[C@@]1(O)C(C)=O. The Balaban J connectivity index is 2.14. The molecule has 0 aromatic carbocycles. The van der Waals surface area contributed by atoms with E-state index in [-0.39, 0.29) is 10.0 Å². The van der Waals surface area contributed by atoms with Crippen LogP contribution < -0.4 is 5.32 Å². The minimum atomic E-state index is -3.58. The average Bonchev–Trinajstić information content (AvgIpc) is 3.31. The molecule has 13 nitrogen and oxygen atoms in total. The summed E-state index contributed by atoms with van der Waals surface area (Å²) < 4.78 is 5.50. The van der Waals surface area contributed by atoms with Gasteiger partial charge in [-0.15, -0.1) is 0 Å². The van der Waals surface area contributed by atoms with Crippen LogP contribution in [0.1, 0.15) is 42.9 Å². The highest BCUT2D eigenvalue weighted by atomic mass is 32.1. The van der Waals surface area contributed by atoms with Gasteiger partial charge in [0, 0.05) is 18.0 Å². The average molecular weight is 536 g/mol. The van der Waals surface area contributed by atoms with E-state index < -0.39 is 64.2 Å². The van der Waals surface area contributed by atoms with Crippen molar-refractivity contribution in [1.29, 1.82) is 0 Å². The second-order valence-electron chi connectivity index (χ2n) is 8.64. The number of ether oxygens (including phenoxy) is 1. The van der Waals surface area contributed by atoms with Crippen LogP contribution in [0.5, 0.6) is 0 Å². The zero-order chi connectivity index (χ0) is 27.9. The minimum absolute atomic E-state index is 0.110. The van der Waals surface area contributed by atoms with E-state index in [4.69, 9.17) is 4.74 Å². The third-order valence-corrected chi connectivity index (χ3v) is 7.32. The summed E-state index contributed by atoms with van der Waals surface area (Å²) in [7, 11) is 0. The van der Waals surface area contributed by atoms with E-state index in [1.165, 1.54) is 30.7 Å². The van der Waals surface area contributed by atoms with Gasteiger partial charge in [0.05, 0.1) is 11.1 Å². The number of Topliss-reactive ketones (excluding diaryl/α,β-unsaturated/α-hetero) is 4. The summed E-state index contributed by atoms with van der Waals surface area (Å²) in [6.07, 6.45) is -2.69. The molecule has 14 heteroatoms. The maximum absolute atomic E-state index is 12.8. The smallest absolute Gasteiger partial charge is 0.207 e. The first-order chi connectivity index (χ1) is 17.1. The van der Waals surface area contributed by atoms with Crippen LogP contribution in [-0.4, -0.2) is 94.5 Å². The second-order valence-corrected chi connectivity index (χ2v) is 9.67. The lowest BCUT2D eigenvalue weighted by atomic mass is 9.59. The molecule has 5 N–H and O–H groups in total. The summed E-state index contributed by atoms with van der Waals surface area (Å²) in [5, 5.41) is 47.1. The Morgan fingerprint density at radius 1 is 0.973 bits per heavy atom. The van der Waals surface area contributed by atoms with E-state index >= 15 is 0 Å². The molecule has 1 aliphatic rings. The molecule has 6 atom stereocenters. The van der Waals surface area contributed by atoms with Gasteiger partial charge in [-0.3, -0.25) is 29.0 Å². The summed E-state index contributed by atoms with van der Waals surface area (Å²) in [4.78, 5) is 70.7. The van der Waals surface area contributed by atoms with Crippen LogP contribution in [0.3, 0.4) is 0 Å². The van der Waals surface area contributed by atoms with Crippen molar-refractivity contribution < 1.29 is 49.1 Å². The van der Waals surface area contributed by atoms with Gasteiger partial charge in [0.2, 0.25) is 17.0 Å². The maximum Gasteiger partial charge on any atom is 0.207 e. The van der Waals surface area contributed by atoms with Gasteiger partial charge in [-0.05, 0) is 39.8 Å². The molecular formula is C23H25N3O10S. The van der Waals surface area contributed by atoms with E-state index in [2.05, 4.69) is 15.3 Å². The Hall–Kier alpha value is -3.27. The molecule has 198 valence electrons. The quantitative estimate of drug-likeness (QED) is 0.239. The van der Waals surface area contributed by atoms with E-state index in [1.807, 2.05) is 0 Å². The molecular weight excluding hydrogens is 510 g/mol. The van der Waals surface area contributed by atoms with Gasteiger partial charge in [0.15, 0.2) is 40.1 Å². The molecule has 1 aliphatic heterocycles. The Labute approximate surface area is 214 Å². The zero-order valence-corrected chi connectivity index (χ0v) is 21.0. The number of nitrogens with one attached hydrogen (secondary N) is 1. The molecule has 3 heterocycles. The molecule has 1 fully saturated rings. The van der Waals surface area contributed by atoms with Crippen molar-refractivity contribution in [1.82, 2.24) is 9.97 Å². The van der Waals surface area contributed by atoms with Crippen LogP contribution in [0.15, 0.2) is 30.7 Å². The number of pyridine rings is 1. The van der Waals surface area contributed by atoms with Crippen LogP contribution >= 0.6 is 11.3 Å². The molecule has 0 amide bonds. The molecule has 1 saturated heterocycles. The topological polar surface area (TPSA) is 213 Å².